The van der Waals surface area contributed by atoms with E-state index in [0.717, 1.165) is 39.4 Å². The maximum Gasteiger partial charge on any atom is 0.159 e. The van der Waals surface area contributed by atoms with E-state index in [0.29, 0.717) is 11.6 Å². The van der Waals surface area contributed by atoms with Crippen LogP contribution in [0.4, 0.5) is 15.9 Å². The van der Waals surface area contributed by atoms with E-state index in [2.05, 4.69) is 25.5 Å². The van der Waals surface area contributed by atoms with Gasteiger partial charge in [-0.1, -0.05) is 18.2 Å². The molecular weight excluding hydrogens is 393 g/mol. The van der Waals surface area contributed by atoms with E-state index in [4.69, 9.17) is 0 Å². The zero-order valence-corrected chi connectivity index (χ0v) is 17.3. The number of benzene rings is 2. The van der Waals surface area contributed by atoms with Crippen LogP contribution in [0.3, 0.4) is 0 Å². The molecule has 0 unspecified atom stereocenters. The van der Waals surface area contributed by atoms with E-state index < -0.39 is 0 Å². The molecule has 1 N–H and O–H groups in total. The fourth-order valence-corrected chi connectivity index (χ4v) is 3.71. The van der Waals surface area contributed by atoms with Crippen LogP contribution in [0.15, 0.2) is 60.9 Å². The summed E-state index contributed by atoms with van der Waals surface area (Å²) in [5, 5.41) is 13.7. The predicted molar refractivity (Wildman–Crippen MR) is 118 cm³/mol. The maximum atomic E-state index is 13.3. The first-order chi connectivity index (χ1) is 15.0. The second kappa shape index (κ2) is 7.32. The second-order valence-electron chi connectivity index (χ2n) is 7.33. The number of fused-ring (bicyclic) bond motifs is 1. The van der Waals surface area contributed by atoms with Crippen LogP contribution in [0.25, 0.3) is 22.4 Å². The Bertz CT molecular complexity index is 1400. The normalized spacial score (nSPS) is 11.2. The number of aromatic nitrogens is 6. The van der Waals surface area contributed by atoms with Crippen LogP contribution < -0.4 is 5.32 Å². The number of nitrogens with one attached hydrogen (secondary N) is 1. The van der Waals surface area contributed by atoms with E-state index in [-0.39, 0.29) is 5.82 Å². The Balaban J connectivity index is 1.51. The third kappa shape index (κ3) is 3.31. The molecule has 3 heterocycles. The molecule has 0 saturated carbocycles. The van der Waals surface area contributed by atoms with E-state index >= 15 is 0 Å². The fraction of sp³-hybridized carbons (Fsp3) is 0.130. The molecule has 2 aromatic carbocycles. The Hall–Kier alpha value is -4.07. The van der Waals surface area contributed by atoms with Gasteiger partial charge in [-0.15, -0.1) is 0 Å². The minimum absolute atomic E-state index is 0.279. The third-order valence-corrected chi connectivity index (χ3v) is 5.26. The van der Waals surface area contributed by atoms with E-state index in [1.165, 1.54) is 18.5 Å². The van der Waals surface area contributed by atoms with Gasteiger partial charge in [0.25, 0.3) is 0 Å². The molecule has 0 aliphatic heterocycles. The second-order valence-corrected chi connectivity index (χ2v) is 7.33. The van der Waals surface area contributed by atoms with Crippen molar-refractivity contribution in [3.05, 3.63) is 83.8 Å². The molecule has 0 fully saturated rings. The molecule has 0 spiro atoms. The molecule has 5 aromatic rings. The molecule has 31 heavy (non-hydrogen) atoms. The van der Waals surface area contributed by atoms with Gasteiger partial charge in [0, 0.05) is 11.5 Å². The van der Waals surface area contributed by atoms with Crippen molar-refractivity contribution in [2.24, 2.45) is 0 Å². The van der Waals surface area contributed by atoms with Crippen molar-refractivity contribution in [1.29, 1.82) is 0 Å². The Labute approximate surface area is 178 Å². The summed E-state index contributed by atoms with van der Waals surface area (Å²) >= 11 is 0. The summed E-state index contributed by atoms with van der Waals surface area (Å²) in [7, 11) is 0. The highest BCUT2D eigenvalue weighted by atomic mass is 19.1. The summed E-state index contributed by atoms with van der Waals surface area (Å²) in [5.41, 5.74) is 5.26. The van der Waals surface area contributed by atoms with Crippen molar-refractivity contribution >= 4 is 22.4 Å². The standard InChI is InChI=1S/C23H20FN7/c1-14-19-6-4-5-7-20(19)31(28-14)22-12-21(25-13-26-22)27-23-15(2)29-30(16(23)3)18-10-8-17(24)9-11-18/h4-13H,1-3H3,(H,25,26,27). The Kier molecular flexibility index (Phi) is 4.47. The van der Waals surface area contributed by atoms with Gasteiger partial charge in [-0.2, -0.15) is 10.2 Å². The molecule has 5 rings (SSSR count). The minimum Gasteiger partial charge on any atom is -0.337 e. The molecule has 0 aliphatic carbocycles. The highest BCUT2D eigenvalue weighted by Gasteiger charge is 2.15. The van der Waals surface area contributed by atoms with Crippen molar-refractivity contribution in [2.45, 2.75) is 20.8 Å². The molecule has 0 radical (unpaired) electrons. The monoisotopic (exact) mass is 413 g/mol. The lowest BCUT2D eigenvalue weighted by Crippen LogP contribution is -2.03. The molecule has 0 atom stereocenters. The summed E-state index contributed by atoms with van der Waals surface area (Å²) in [4.78, 5) is 8.79. The minimum atomic E-state index is -0.279. The number of hydrogen-bond donors (Lipinski definition) is 1. The predicted octanol–water partition coefficient (Wildman–Crippen LogP) is 4.81. The Morgan fingerprint density at radius 3 is 2.39 bits per heavy atom. The van der Waals surface area contributed by atoms with Crippen molar-refractivity contribution in [1.82, 2.24) is 29.5 Å². The van der Waals surface area contributed by atoms with Crippen molar-refractivity contribution in [3.8, 4) is 11.5 Å². The van der Waals surface area contributed by atoms with E-state index in [1.807, 2.05) is 55.8 Å². The van der Waals surface area contributed by atoms with Crippen LogP contribution in [0.2, 0.25) is 0 Å². The lowest BCUT2D eigenvalue weighted by atomic mass is 10.2. The topological polar surface area (TPSA) is 73.5 Å². The van der Waals surface area contributed by atoms with Gasteiger partial charge in [-0.05, 0) is 51.1 Å². The summed E-state index contributed by atoms with van der Waals surface area (Å²) in [6, 6.07) is 16.1. The van der Waals surface area contributed by atoms with Gasteiger partial charge in [0.1, 0.15) is 18.0 Å². The largest absolute Gasteiger partial charge is 0.337 e. The molecule has 8 heteroatoms. The van der Waals surface area contributed by atoms with Crippen molar-refractivity contribution in [2.75, 3.05) is 5.32 Å². The Morgan fingerprint density at radius 1 is 0.839 bits per heavy atom. The molecule has 0 bridgehead atoms. The fourth-order valence-electron chi connectivity index (χ4n) is 3.71. The quantitative estimate of drug-likeness (QED) is 0.458. The van der Waals surface area contributed by atoms with E-state index in [1.54, 1.807) is 16.8 Å². The lowest BCUT2D eigenvalue weighted by Gasteiger charge is -2.09. The third-order valence-electron chi connectivity index (χ3n) is 5.26. The molecule has 0 amide bonds. The molecule has 3 aromatic heterocycles. The van der Waals surface area contributed by atoms with Gasteiger partial charge in [-0.3, -0.25) is 0 Å². The van der Waals surface area contributed by atoms with Crippen LogP contribution >= 0.6 is 0 Å². The van der Waals surface area contributed by atoms with Crippen LogP contribution in [-0.4, -0.2) is 29.5 Å². The van der Waals surface area contributed by atoms with Gasteiger partial charge in [-0.25, -0.2) is 23.7 Å². The maximum absolute atomic E-state index is 13.3. The molecule has 154 valence electrons. The van der Waals surface area contributed by atoms with Crippen LogP contribution in [-0.2, 0) is 0 Å². The average Bonchev–Trinajstić information content (AvgIpc) is 3.26. The van der Waals surface area contributed by atoms with Crippen molar-refractivity contribution < 1.29 is 4.39 Å². The SMILES string of the molecule is Cc1nn(-c2ccc(F)cc2)c(C)c1Nc1cc(-n2nc(C)c3ccccc32)ncn1. The molecule has 0 aliphatic rings. The summed E-state index contributed by atoms with van der Waals surface area (Å²) < 4.78 is 16.9. The van der Waals surface area contributed by atoms with Crippen LogP contribution in [0.5, 0.6) is 0 Å². The van der Waals surface area contributed by atoms with Gasteiger partial charge < -0.3 is 5.32 Å². The number of halogens is 1. The summed E-state index contributed by atoms with van der Waals surface area (Å²) in [5.74, 6) is 1.02. The molecule has 0 saturated heterocycles. The van der Waals surface area contributed by atoms with Crippen LogP contribution in [0.1, 0.15) is 17.1 Å². The lowest BCUT2D eigenvalue weighted by molar-refractivity contribution is 0.627. The number of rotatable bonds is 4. The van der Waals surface area contributed by atoms with Gasteiger partial charge in [0.05, 0.1) is 34.0 Å². The number of nitrogens with zero attached hydrogens (tertiary/aromatic N) is 6. The van der Waals surface area contributed by atoms with Gasteiger partial charge >= 0.3 is 0 Å². The van der Waals surface area contributed by atoms with Crippen molar-refractivity contribution in [3.63, 3.8) is 0 Å². The average molecular weight is 413 g/mol. The number of para-hydroxylation sites is 1. The van der Waals surface area contributed by atoms with Crippen LogP contribution in [0, 0.1) is 26.6 Å². The molecular formula is C23H20FN7. The Morgan fingerprint density at radius 2 is 1.58 bits per heavy atom. The first kappa shape index (κ1) is 18.9. The van der Waals surface area contributed by atoms with Gasteiger partial charge in [0.2, 0.25) is 0 Å². The molecule has 7 nitrogen and oxygen atoms in total. The number of anilines is 2. The number of hydrogen-bond acceptors (Lipinski definition) is 5. The summed E-state index contributed by atoms with van der Waals surface area (Å²) in [6.45, 7) is 5.86. The highest BCUT2D eigenvalue weighted by molar-refractivity contribution is 5.83. The van der Waals surface area contributed by atoms with Gasteiger partial charge in [0.15, 0.2) is 5.82 Å². The first-order valence-electron chi connectivity index (χ1n) is 9.87. The smallest absolute Gasteiger partial charge is 0.159 e. The zero-order valence-electron chi connectivity index (χ0n) is 17.3. The summed E-state index contributed by atoms with van der Waals surface area (Å²) in [6.07, 6.45) is 1.51. The van der Waals surface area contributed by atoms with E-state index in [9.17, 15) is 4.39 Å². The number of aryl methyl sites for hydroxylation is 2. The zero-order chi connectivity index (χ0) is 21.5. The first-order valence-corrected chi connectivity index (χ1v) is 9.87. The highest BCUT2D eigenvalue weighted by Crippen LogP contribution is 2.27.